The maximum atomic E-state index is 11.3. The van der Waals surface area contributed by atoms with E-state index in [0.717, 1.165) is 28.3 Å². The van der Waals surface area contributed by atoms with E-state index in [9.17, 15) is 10.1 Å². The van der Waals surface area contributed by atoms with Crippen LogP contribution in [0.3, 0.4) is 0 Å². The van der Waals surface area contributed by atoms with Crippen LogP contribution in [-0.4, -0.2) is 32.9 Å². The summed E-state index contributed by atoms with van der Waals surface area (Å²) in [7, 11) is 1.62. The van der Waals surface area contributed by atoms with Gasteiger partial charge in [0.2, 0.25) is 5.72 Å². The summed E-state index contributed by atoms with van der Waals surface area (Å²) in [4.78, 5) is 21.1. The first-order valence-corrected chi connectivity index (χ1v) is 13.3. The molecular weight excluding hydrogens is 534 g/mol. The highest BCUT2D eigenvalue weighted by molar-refractivity contribution is 6.13. The number of nitro groups is 1. The Hall–Kier alpha value is -5.71. The Morgan fingerprint density at radius 1 is 0.976 bits per heavy atom. The lowest BCUT2D eigenvalue weighted by Crippen LogP contribution is -2.47. The second kappa shape index (κ2) is 10.0. The van der Waals surface area contributed by atoms with Crippen LogP contribution in [0.25, 0.3) is 5.69 Å². The van der Waals surface area contributed by atoms with Crippen LogP contribution in [0.4, 0.5) is 17.1 Å². The zero-order chi connectivity index (χ0) is 28.7. The number of hydrogen-bond donors (Lipinski definition) is 1. The molecule has 208 valence electrons. The average Bonchev–Trinajstić information content (AvgIpc) is 3.65. The standard InChI is InChI=1S/C31H25N7O4/c1-41-25-17-13-22(14-18-25)31-19-27(28-20-32-37(34-28)23-7-3-2-4-8-23)33-26-9-5-6-10-29(26)36(31)30(35-42-31)21-11-15-24(16-12-21)38(39)40/h2-18,20,27,33H,19H2,1H3. The van der Waals surface area contributed by atoms with Gasteiger partial charge in [0.15, 0.2) is 5.84 Å². The number of nitrogens with zero attached hydrogens (tertiary/aromatic N) is 6. The van der Waals surface area contributed by atoms with Gasteiger partial charge in [0, 0.05) is 29.7 Å². The molecule has 2 atom stereocenters. The Balaban J connectivity index is 1.37. The number of fused-ring (bicyclic) bond motifs is 3. The monoisotopic (exact) mass is 559 g/mol. The van der Waals surface area contributed by atoms with Crippen molar-refractivity contribution in [2.24, 2.45) is 5.16 Å². The molecule has 0 bridgehead atoms. The Morgan fingerprint density at radius 3 is 2.45 bits per heavy atom. The third-order valence-electron chi connectivity index (χ3n) is 7.54. The van der Waals surface area contributed by atoms with Gasteiger partial charge in [-0.15, -0.1) is 0 Å². The minimum atomic E-state index is -1.09. The molecule has 11 heteroatoms. The smallest absolute Gasteiger partial charge is 0.269 e. The number of non-ortho nitro benzene ring substituents is 1. The Kier molecular flexibility index (Phi) is 6.04. The van der Waals surface area contributed by atoms with Gasteiger partial charge in [-0.2, -0.15) is 15.0 Å². The van der Waals surface area contributed by atoms with Gasteiger partial charge in [-0.1, -0.05) is 35.5 Å². The number of benzene rings is 4. The van der Waals surface area contributed by atoms with Gasteiger partial charge in [-0.3, -0.25) is 15.0 Å². The molecule has 1 N–H and O–H groups in total. The first-order valence-electron chi connectivity index (χ1n) is 13.3. The fourth-order valence-electron chi connectivity index (χ4n) is 5.48. The molecule has 2 aliphatic rings. The highest BCUT2D eigenvalue weighted by atomic mass is 16.7. The molecular formula is C31H25N7O4. The second-order valence-electron chi connectivity index (χ2n) is 9.97. The van der Waals surface area contributed by atoms with Gasteiger partial charge in [0.1, 0.15) is 11.4 Å². The molecule has 2 aliphatic heterocycles. The molecule has 0 fully saturated rings. The number of methoxy groups -OCH3 is 1. The van der Waals surface area contributed by atoms with Crippen LogP contribution >= 0.6 is 0 Å². The molecule has 5 aromatic rings. The second-order valence-corrected chi connectivity index (χ2v) is 9.97. The summed E-state index contributed by atoms with van der Waals surface area (Å²) in [6, 6.07) is 31.4. The quantitative estimate of drug-likeness (QED) is 0.205. The lowest BCUT2D eigenvalue weighted by Gasteiger charge is -2.37. The van der Waals surface area contributed by atoms with Crippen molar-refractivity contribution in [3.05, 3.63) is 136 Å². The van der Waals surface area contributed by atoms with Crippen molar-refractivity contribution in [3.8, 4) is 11.4 Å². The van der Waals surface area contributed by atoms with Crippen LogP contribution < -0.4 is 15.0 Å². The summed E-state index contributed by atoms with van der Waals surface area (Å²) >= 11 is 0. The largest absolute Gasteiger partial charge is 0.497 e. The zero-order valence-electron chi connectivity index (χ0n) is 22.5. The van der Waals surface area contributed by atoms with E-state index in [1.165, 1.54) is 12.1 Å². The summed E-state index contributed by atoms with van der Waals surface area (Å²) in [5, 5.41) is 29.0. The Morgan fingerprint density at radius 2 is 1.71 bits per heavy atom. The van der Waals surface area contributed by atoms with Gasteiger partial charge >= 0.3 is 0 Å². The first kappa shape index (κ1) is 25.3. The maximum Gasteiger partial charge on any atom is 0.269 e. The lowest BCUT2D eigenvalue weighted by molar-refractivity contribution is -0.384. The number of oxime groups is 1. The summed E-state index contributed by atoms with van der Waals surface area (Å²) in [5.74, 6) is 1.24. The first-order chi connectivity index (χ1) is 20.6. The van der Waals surface area contributed by atoms with Gasteiger partial charge in [-0.25, -0.2) is 0 Å². The topological polar surface area (TPSA) is 120 Å². The number of hydrogen-bond acceptors (Lipinski definition) is 9. The summed E-state index contributed by atoms with van der Waals surface area (Å²) in [5.41, 5.74) is 3.71. The van der Waals surface area contributed by atoms with Crippen molar-refractivity contribution in [2.45, 2.75) is 18.2 Å². The van der Waals surface area contributed by atoms with Crippen LogP contribution in [0.15, 0.2) is 114 Å². The van der Waals surface area contributed by atoms with Crippen molar-refractivity contribution in [3.63, 3.8) is 0 Å². The van der Waals surface area contributed by atoms with Crippen molar-refractivity contribution < 1.29 is 14.5 Å². The van der Waals surface area contributed by atoms with Crippen molar-refractivity contribution in [1.29, 1.82) is 0 Å². The third-order valence-corrected chi connectivity index (χ3v) is 7.54. The molecule has 1 aromatic heterocycles. The normalized spacial score (nSPS) is 19.0. The van der Waals surface area contributed by atoms with Crippen molar-refractivity contribution >= 4 is 22.9 Å². The summed E-state index contributed by atoms with van der Waals surface area (Å²) in [6.07, 6.45) is 2.17. The third kappa shape index (κ3) is 4.19. The molecule has 0 amide bonds. The fraction of sp³-hybridized carbons (Fsp3) is 0.129. The number of anilines is 2. The van der Waals surface area contributed by atoms with E-state index >= 15 is 0 Å². The van der Waals surface area contributed by atoms with Crippen LogP contribution in [0, 0.1) is 10.1 Å². The van der Waals surface area contributed by atoms with E-state index in [1.54, 1.807) is 30.2 Å². The molecule has 0 spiro atoms. The van der Waals surface area contributed by atoms with E-state index in [-0.39, 0.29) is 11.7 Å². The minimum absolute atomic E-state index is 0.000757. The number of ether oxygens (including phenoxy) is 1. The molecule has 2 unspecified atom stereocenters. The average molecular weight is 560 g/mol. The van der Waals surface area contributed by atoms with Crippen molar-refractivity contribution in [2.75, 3.05) is 17.3 Å². The van der Waals surface area contributed by atoms with Crippen LogP contribution in [0.5, 0.6) is 5.75 Å². The maximum absolute atomic E-state index is 11.3. The number of rotatable bonds is 6. The lowest BCUT2D eigenvalue weighted by atomic mass is 9.92. The molecule has 42 heavy (non-hydrogen) atoms. The molecule has 0 saturated heterocycles. The molecule has 11 nitrogen and oxygen atoms in total. The van der Waals surface area contributed by atoms with Crippen LogP contribution in [0.2, 0.25) is 0 Å². The number of amidine groups is 1. The van der Waals surface area contributed by atoms with E-state index in [1.807, 2.05) is 78.9 Å². The van der Waals surface area contributed by atoms with Gasteiger partial charge in [0.25, 0.3) is 5.69 Å². The molecule has 0 aliphatic carbocycles. The molecule has 0 saturated carbocycles. The van der Waals surface area contributed by atoms with E-state index < -0.39 is 10.6 Å². The SMILES string of the molecule is COc1ccc(C23CC(c4cnn(-c5ccccc5)n4)Nc4ccccc4N2C(c2ccc([N+](=O)[O-])cc2)=NO3)cc1. The number of nitrogens with one attached hydrogen (secondary N) is 1. The van der Waals surface area contributed by atoms with Gasteiger partial charge in [-0.05, 0) is 60.7 Å². The van der Waals surface area contributed by atoms with E-state index in [2.05, 4.69) is 20.5 Å². The van der Waals surface area contributed by atoms with Gasteiger partial charge in [0.05, 0.1) is 41.3 Å². The Labute approximate surface area is 240 Å². The van der Waals surface area contributed by atoms with E-state index in [4.69, 9.17) is 14.7 Å². The molecule has 7 rings (SSSR count). The highest BCUT2D eigenvalue weighted by Crippen LogP contribution is 2.51. The molecule has 4 aromatic carbocycles. The zero-order valence-corrected chi connectivity index (χ0v) is 22.5. The van der Waals surface area contributed by atoms with Gasteiger partial charge < -0.3 is 14.9 Å². The van der Waals surface area contributed by atoms with E-state index in [0.29, 0.717) is 23.6 Å². The summed E-state index contributed by atoms with van der Waals surface area (Å²) in [6.45, 7) is 0. The van der Waals surface area contributed by atoms with Crippen LogP contribution in [-0.2, 0) is 10.6 Å². The summed E-state index contributed by atoms with van der Waals surface area (Å²) < 4.78 is 5.43. The molecule has 3 heterocycles. The Bertz CT molecular complexity index is 1790. The molecule has 0 radical (unpaired) electrons. The number of aromatic nitrogens is 3. The predicted molar refractivity (Wildman–Crippen MR) is 157 cm³/mol. The predicted octanol–water partition coefficient (Wildman–Crippen LogP) is 5.79. The number of nitro benzene ring substituents is 1. The number of para-hydroxylation sites is 3. The van der Waals surface area contributed by atoms with Crippen molar-refractivity contribution in [1.82, 2.24) is 15.0 Å². The fourth-order valence-corrected chi connectivity index (χ4v) is 5.48. The minimum Gasteiger partial charge on any atom is -0.497 e. The van der Waals surface area contributed by atoms with Crippen LogP contribution in [0.1, 0.15) is 29.3 Å². The highest BCUT2D eigenvalue weighted by Gasteiger charge is 2.53.